The van der Waals surface area contributed by atoms with Gasteiger partial charge in [0.2, 0.25) is 0 Å². The summed E-state index contributed by atoms with van der Waals surface area (Å²) in [5.74, 6) is 0.0837. The van der Waals surface area contributed by atoms with E-state index < -0.39 is 0 Å². The van der Waals surface area contributed by atoms with Crippen molar-refractivity contribution in [2.45, 2.75) is 6.61 Å². The van der Waals surface area contributed by atoms with Gasteiger partial charge < -0.3 is 4.74 Å². The smallest absolute Gasteiger partial charge is 0.193 e. The molecule has 0 aliphatic carbocycles. The minimum Gasteiger partial charge on any atom is -0.489 e. The van der Waals surface area contributed by atoms with Gasteiger partial charge in [-0.2, -0.15) is 0 Å². The van der Waals surface area contributed by atoms with Crippen molar-refractivity contribution in [3.05, 3.63) is 99.3 Å². The molecule has 0 spiro atoms. The lowest BCUT2D eigenvalue weighted by molar-refractivity contribution is 0.103. The Morgan fingerprint density at radius 3 is 2.04 bits per heavy atom. The van der Waals surface area contributed by atoms with E-state index in [4.69, 9.17) is 27.9 Å². The maximum absolute atomic E-state index is 12.9. The monoisotopic (exact) mass is 374 g/mol. The molecule has 0 saturated carbocycles. The zero-order valence-electron chi connectivity index (χ0n) is 13.0. The van der Waals surface area contributed by atoms with Crippen molar-refractivity contribution in [1.82, 2.24) is 0 Å². The maximum Gasteiger partial charge on any atom is 0.193 e. The number of rotatable bonds is 5. The summed E-state index contributed by atoms with van der Waals surface area (Å²) in [6.07, 6.45) is 0. The Kier molecular flexibility index (Phi) is 5.37. The minimum atomic E-state index is -0.373. The number of halogens is 3. The molecule has 0 fully saturated rings. The highest BCUT2D eigenvalue weighted by molar-refractivity contribution is 6.42. The van der Waals surface area contributed by atoms with E-state index in [9.17, 15) is 9.18 Å². The van der Waals surface area contributed by atoms with Crippen molar-refractivity contribution in [1.29, 1.82) is 0 Å². The fraction of sp³-hybridized carbons (Fsp3) is 0.0500. The molecule has 0 N–H and O–H groups in total. The summed E-state index contributed by atoms with van der Waals surface area (Å²) in [5.41, 5.74) is 1.83. The first-order chi connectivity index (χ1) is 12.0. The molecule has 5 heteroatoms. The van der Waals surface area contributed by atoms with Crippen LogP contribution in [0.2, 0.25) is 10.0 Å². The lowest BCUT2D eigenvalue weighted by Gasteiger charge is -2.08. The molecule has 0 heterocycles. The van der Waals surface area contributed by atoms with Crippen LogP contribution in [0.1, 0.15) is 21.5 Å². The molecule has 0 amide bonds. The van der Waals surface area contributed by atoms with Gasteiger partial charge in [0, 0.05) is 11.1 Å². The van der Waals surface area contributed by atoms with Gasteiger partial charge in [0.05, 0.1) is 10.0 Å². The Morgan fingerprint density at radius 2 is 1.44 bits per heavy atom. The first kappa shape index (κ1) is 17.5. The number of hydrogen-bond donors (Lipinski definition) is 0. The average molecular weight is 375 g/mol. The summed E-state index contributed by atoms with van der Waals surface area (Å²) in [6.45, 7) is 0.335. The van der Waals surface area contributed by atoms with Crippen molar-refractivity contribution in [3.8, 4) is 5.75 Å². The fourth-order valence-corrected chi connectivity index (χ4v) is 2.59. The van der Waals surface area contributed by atoms with E-state index in [1.807, 2.05) is 6.07 Å². The van der Waals surface area contributed by atoms with Gasteiger partial charge in [0.1, 0.15) is 18.2 Å². The molecule has 0 aromatic heterocycles. The third-order valence-corrected chi connectivity index (χ3v) is 4.35. The quantitative estimate of drug-likeness (QED) is 0.516. The number of hydrogen-bond acceptors (Lipinski definition) is 2. The Balaban J connectivity index is 1.66. The van der Waals surface area contributed by atoms with Crippen molar-refractivity contribution < 1.29 is 13.9 Å². The summed E-state index contributed by atoms with van der Waals surface area (Å²) in [7, 11) is 0. The Labute approximate surface area is 154 Å². The van der Waals surface area contributed by atoms with Crippen LogP contribution in [0.5, 0.6) is 5.75 Å². The van der Waals surface area contributed by atoms with Crippen LogP contribution in [-0.4, -0.2) is 5.78 Å². The molecule has 126 valence electrons. The number of ketones is 1. The van der Waals surface area contributed by atoms with Crippen LogP contribution in [-0.2, 0) is 6.61 Å². The molecule has 2 nitrogen and oxygen atoms in total. The summed E-state index contributed by atoms with van der Waals surface area (Å²) >= 11 is 11.8. The first-order valence-electron chi connectivity index (χ1n) is 7.50. The largest absolute Gasteiger partial charge is 0.489 e. The highest BCUT2D eigenvalue weighted by Gasteiger charge is 2.09. The molecular weight excluding hydrogens is 362 g/mol. The zero-order chi connectivity index (χ0) is 17.8. The molecule has 3 aromatic rings. The lowest BCUT2D eigenvalue weighted by Crippen LogP contribution is -2.01. The van der Waals surface area contributed by atoms with Crippen molar-refractivity contribution in [3.63, 3.8) is 0 Å². The van der Waals surface area contributed by atoms with Crippen molar-refractivity contribution in [2.24, 2.45) is 0 Å². The third kappa shape index (κ3) is 4.38. The van der Waals surface area contributed by atoms with Gasteiger partial charge in [-0.05, 0) is 66.2 Å². The van der Waals surface area contributed by atoms with E-state index in [1.54, 1.807) is 36.4 Å². The van der Waals surface area contributed by atoms with Crippen LogP contribution in [0, 0.1) is 5.82 Å². The van der Waals surface area contributed by atoms with Gasteiger partial charge in [-0.1, -0.05) is 29.3 Å². The Hall–Kier alpha value is -2.36. The van der Waals surface area contributed by atoms with Gasteiger partial charge in [0.15, 0.2) is 5.78 Å². The first-order valence-corrected chi connectivity index (χ1v) is 8.25. The van der Waals surface area contributed by atoms with Crippen molar-refractivity contribution in [2.75, 3.05) is 0 Å². The topological polar surface area (TPSA) is 26.3 Å². The lowest BCUT2D eigenvalue weighted by atomic mass is 10.0. The van der Waals surface area contributed by atoms with E-state index in [2.05, 4.69) is 0 Å². The molecule has 0 radical (unpaired) electrons. The highest BCUT2D eigenvalue weighted by Crippen LogP contribution is 2.23. The number of benzene rings is 3. The molecule has 25 heavy (non-hydrogen) atoms. The van der Waals surface area contributed by atoms with Gasteiger partial charge in [-0.3, -0.25) is 4.79 Å². The Bertz CT molecular complexity index is 891. The molecule has 3 rings (SSSR count). The molecule has 0 aliphatic heterocycles. The Morgan fingerprint density at radius 1 is 0.840 bits per heavy atom. The number of ether oxygens (including phenoxy) is 1. The fourth-order valence-electron chi connectivity index (χ4n) is 2.27. The second-order valence-corrected chi connectivity index (χ2v) is 6.21. The van der Waals surface area contributed by atoms with Crippen LogP contribution >= 0.6 is 23.2 Å². The molecule has 3 aromatic carbocycles. The summed E-state index contributed by atoms with van der Waals surface area (Å²) in [6, 6.07) is 17.5. The van der Waals surface area contributed by atoms with Crippen molar-refractivity contribution >= 4 is 29.0 Å². The van der Waals surface area contributed by atoms with Crippen LogP contribution in [0.4, 0.5) is 4.39 Å². The van der Waals surface area contributed by atoms with E-state index >= 15 is 0 Å². The second-order valence-electron chi connectivity index (χ2n) is 5.40. The predicted octanol–water partition coefficient (Wildman–Crippen LogP) is 5.94. The predicted molar refractivity (Wildman–Crippen MR) is 97.1 cm³/mol. The highest BCUT2D eigenvalue weighted by atomic mass is 35.5. The van der Waals surface area contributed by atoms with E-state index in [0.29, 0.717) is 33.5 Å². The molecule has 0 bridgehead atoms. The molecule has 0 aliphatic rings. The molecule has 0 atom stereocenters. The third-order valence-electron chi connectivity index (χ3n) is 3.61. The number of carbonyl (C=O) groups is 1. The van der Waals surface area contributed by atoms with Crippen LogP contribution in [0.25, 0.3) is 0 Å². The van der Waals surface area contributed by atoms with Gasteiger partial charge in [-0.25, -0.2) is 4.39 Å². The molecule has 0 saturated heterocycles. The number of carbonyl (C=O) groups excluding carboxylic acids is 1. The van der Waals surface area contributed by atoms with Gasteiger partial charge in [0.25, 0.3) is 0 Å². The van der Waals surface area contributed by atoms with Gasteiger partial charge >= 0.3 is 0 Å². The molecule has 0 unspecified atom stereocenters. The SMILES string of the molecule is O=C(c1ccc(F)cc1)c1ccc(OCc2ccc(Cl)c(Cl)c2)cc1. The minimum absolute atomic E-state index is 0.170. The summed E-state index contributed by atoms with van der Waals surface area (Å²) in [4.78, 5) is 12.3. The van der Waals surface area contributed by atoms with Crippen LogP contribution < -0.4 is 4.74 Å². The second kappa shape index (κ2) is 7.68. The van der Waals surface area contributed by atoms with E-state index in [0.717, 1.165) is 5.56 Å². The standard InChI is InChI=1S/C20H13Cl2FO2/c21-18-10-1-13(11-19(18)22)12-25-17-8-4-15(5-9-17)20(24)14-2-6-16(23)7-3-14/h1-11H,12H2. The van der Waals surface area contributed by atoms with E-state index in [1.165, 1.54) is 24.3 Å². The average Bonchev–Trinajstić information content (AvgIpc) is 2.63. The molecular formula is C20H13Cl2FO2. The summed E-state index contributed by atoms with van der Waals surface area (Å²) < 4.78 is 18.6. The zero-order valence-corrected chi connectivity index (χ0v) is 14.5. The normalized spacial score (nSPS) is 10.5. The maximum atomic E-state index is 12.9. The van der Waals surface area contributed by atoms with E-state index in [-0.39, 0.29) is 11.6 Å². The van der Waals surface area contributed by atoms with Crippen LogP contribution in [0.15, 0.2) is 66.7 Å². The van der Waals surface area contributed by atoms with Crippen LogP contribution in [0.3, 0.4) is 0 Å². The summed E-state index contributed by atoms with van der Waals surface area (Å²) in [5, 5.41) is 0.970. The van der Waals surface area contributed by atoms with Gasteiger partial charge in [-0.15, -0.1) is 0 Å².